The summed E-state index contributed by atoms with van der Waals surface area (Å²) >= 11 is 0. The van der Waals surface area contributed by atoms with E-state index in [2.05, 4.69) is 19.1 Å². The molecule has 2 aliphatic rings. The van der Waals surface area contributed by atoms with Gasteiger partial charge in [0.05, 0.1) is 12.7 Å². The molecule has 1 heterocycles. The van der Waals surface area contributed by atoms with E-state index in [1.807, 2.05) is 0 Å². The van der Waals surface area contributed by atoms with E-state index in [9.17, 15) is 0 Å². The first-order chi connectivity index (χ1) is 5.31. The maximum absolute atomic E-state index is 5.68. The highest BCUT2D eigenvalue weighted by Gasteiger charge is 2.37. The van der Waals surface area contributed by atoms with Crippen molar-refractivity contribution < 1.29 is 9.47 Å². The van der Waals surface area contributed by atoms with Crippen LogP contribution in [0.3, 0.4) is 0 Å². The van der Waals surface area contributed by atoms with E-state index in [4.69, 9.17) is 9.47 Å². The summed E-state index contributed by atoms with van der Waals surface area (Å²) in [6, 6.07) is 0. The quantitative estimate of drug-likeness (QED) is 0.496. The molecule has 2 atom stereocenters. The Morgan fingerprint density at radius 3 is 3.00 bits per heavy atom. The maximum atomic E-state index is 5.68. The normalized spacial score (nSPS) is 43.5. The molecule has 1 fully saturated rings. The van der Waals surface area contributed by atoms with Gasteiger partial charge in [0.25, 0.3) is 0 Å². The molecule has 1 saturated heterocycles. The van der Waals surface area contributed by atoms with Gasteiger partial charge in [-0.05, 0) is 25.8 Å². The molecule has 0 bridgehead atoms. The number of hydrogen-bond donors (Lipinski definition) is 0. The Balaban J connectivity index is 2.10. The first-order valence-corrected chi connectivity index (χ1v) is 4.30. The zero-order chi connectivity index (χ0) is 7.73. The molecule has 2 unspecified atom stereocenters. The summed E-state index contributed by atoms with van der Waals surface area (Å²) in [4.78, 5) is 0. The molecule has 0 aromatic carbocycles. The molecule has 0 aromatic heterocycles. The number of hydrogen-bond acceptors (Lipinski definition) is 2. The van der Waals surface area contributed by atoms with Gasteiger partial charge in [-0.3, -0.25) is 0 Å². The van der Waals surface area contributed by atoms with E-state index < -0.39 is 0 Å². The summed E-state index contributed by atoms with van der Waals surface area (Å²) in [5.74, 6) is -0.336. The van der Waals surface area contributed by atoms with Crippen molar-refractivity contribution in [3.63, 3.8) is 0 Å². The van der Waals surface area contributed by atoms with E-state index in [1.165, 1.54) is 12.8 Å². The fourth-order valence-corrected chi connectivity index (χ4v) is 1.70. The van der Waals surface area contributed by atoms with Gasteiger partial charge in [0.1, 0.15) is 0 Å². The highest BCUT2D eigenvalue weighted by Crippen LogP contribution is 2.33. The largest absolute Gasteiger partial charge is 0.344 e. The van der Waals surface area contributed by atoms with Crippen LogP contribution in [0.2, 0.25) is 0 Å². The summed E-state index contributed by atoms with van der Waals surface area (Å²) in [5, 5.41) is 0. The van der Waals surface area contributed by atoms with Gasteiger partial charge in [-0.2, -0.15) is 0 Å². The van der Waals surface area contributed by atoms with Crippen molar-refractivity contribution in [3.8, 4) is 0 Å². The molecule has 0 amide bonds. The molecule has 1 spiro atoms. The first-order valence-electron chi connectivity index (χ1n) is 4.30. The van der Waals surface area contributed by atoms with Crippen LogP contribution < -0.4 is 0 Å². The van der Waals surface area contributed by atoms with E-state index in [-0.39, 0.29) is 11.9 Å². The van der Waals surface area contributed by atoms with Crippen LogP contribution in [0.15, 0.2) is 12.2 Å². The Kier molecular flexibility index (Phi) is 1.74. The lowest BCUT2D eigenvalue weighted by Gasteiger charge is -2.26. The van der Waals surface area contributed by atoms with Crippen molar-refractivity contribution in [2.75, 3.05) is 6.61 Å². The highest BCUT2D eigenvalue weighted by molar-refractivity contribution is 5.02. The Labute approximate surface area is 67.2 Å². The molecule has 2 rings (SSSR count). The Hall–Kier alpha value is -0.340. The summed E-state index contributed by atoms with van der Waals surface area (Å²) < 4.78 is 11.3. The Morgan fingerprint density at radius 1 is 1.55 bits per heavy atom. The molecule has 0 saturated carbocycles. The molecule has 11 heavy (non-hydrogen) atoms. The van der Waals surface area contributed by atoms with Gasteiger partial charge >= 0.3 is 0 Å². The average molecular weight is 154 g/mol. The van der Waals surface area contributed by atoms with Crippen LogP contribution >= 0.6 is 0 Å². The van der Waals surface area contributed by atoms with Crippen LogP contribution in [-0.2, 0) is 9.47 Å². The molecule has 0 radical (unpaired) electrons. The summed E-state index contributed by atoms with van der Waals surface area (Å²) in [7, 11) is 0. The Morgan fingerprint density at radius 2 is 2.45 bits per heavy atom. The fraction of sp³-hybridized carbons (Fsp3) is 0.778. The van der Waals surface area contributed by atoms with Crippen molar-refractivity contribution >= 4 is 0 Å². The van der Waals surface area contributed by atoms with Gasteiger partial charge in [0.2, 0.25) is 0 Å². The zero-order valence-corrected chi connectivity index (χ0v) is 6.88. The van der Waals surface area contributed by atoms with Crippen LogP contribution in [0.5, 0.6) is 0 Å². The summed E-state index contributed by atoms with van der Waals surface area (Å²) in [6.45, 7) is 2.79. The van der Waals surface area contributed by atoms with E-state index in [0.29, 0.717) is 0 Å². The second-order valence-electron chi connectivity index (χ2n) is 3.35. The minimum Gasteiger partial charge on any atom is -0.344 e. The van der Waals surface area contributed by atoms with Gasteiger partial charge in [-0.1, -0.05) is 6.08 Å². The zero-order valence-electron chi connectivity index (χ0n) is 6.88. The topological polar surface area (TPSA) is 18.5 Å². The van der Waals surface area contributed by atoms with Crippen LogP contribution in [-0.4, -0.2) is 18.5 Å². The minimum atomic E-state index is -0.336. The maximum Gasteiger partial charge on any atom is 0.188 e. The van der Waals surface area contributed by atoms with Crippen molar-refractivity contribution in [2.24, 2.45) is 0 Å². The van der Waals surface area contributed by atoms with Gasteiger partial charge < -0.3 is 9.47 Å². The third-order valence-electron chi connectivity index (χ3n) is 2.23. The van der Waals surface area contributed by atoms with Crippen LogP contribution in [0.4, 0.5) is 0 Å². The highest BCUT2D eigenvalue weighted by atomic mass is 16.7. The predicted molar refractivity (Wildman–Crippen MR) is 42.2 cm³/mol. The van der Waals surface area contributed by atoms with Gasteiger partial charge in [0.15, 0.2) is 5.79 Å². The molecular weight excluding hydrogens is 140 g/mol. The van der Waals surface area contributed by atoms with Gasteiger partial charge in [0, 0.05) is 6.42 Å². The van der Waals surface area contributed by atoms with E-state index in [0.717, 1.165) is 13.0 Å². The fourth-order valence-electron chi connectivity index (χ4n) is 1.70. The number of allylic oxidation sites excluding steroid dienone is 1. The molecule has 1 aliphatic carbocycles. The molecule has 1 aliphatic heterocycles. The molecule has 0 N–H and O–H groups in total. The van der Waals surface area contributed by atoms with E-state index >= 15 is 0 Å². The lowest BCUT2D eigenvalue weighted by Crippen LogP contribution is -2.29. The molecule has 0 aromatic rings. The summed E-state index contributed by atoms with van der Waals surface area (Å²) in [5.41, 5.74) is 0. The third-order valence-corrected chi connectivity index (χ3v) is 2.23. The lowest BCUT2D eigenvalue weighted by molar-refractivity contribution is -0.135. The van der Waals surface area contributed by atoms with Crippen LogP contribution in [0.25, 0.3) is 0 Å². The van der Waals surface area contributed by atoms with Gasteiger partial charge in [-0.15, -0.1) is 0 Å². The Bertz CT molecular complexity index is 176. The van der Waals surface area contributed by atoms with E-state index in [1.54, 1.807) is 0 Å². The van der Waals surface area contributed by atoms with Crippen molar-refractivity contribution in [1.29, 1.82) is 0 Å². The van der Waals surface area contributed by atoms with Crippen molar-refractivity contribution in [3.05, 3.63) is 12.2 Å². The summed E-state index contributed by atoms with van der Waals surface area (Å²) in [6.07, 6.45) is 7.86. The monoisotopic (exact) mass is 154 g/mol. The van der Waals surface area contributed by atoms with Crippen molar-refractivity contribution in [1.82, 2.24) is 0 Å². The lowest BCUT2D eigenvalue weighted by atomic mass is 10.0. The standard InChI is InChI=1S/C9H14O2/c1-8-7-10-9(11-8)5-3-2-4-6-9/h3,5,8H,2,4,6-7H2,1H3. The number of ether oxygens (including phenoxy) is 2. The SMILES string of the molecule is CC1COC2(C=CCCC2)O1. The molecular formula is C9H14O2. The van der Waals surface area contributed by atoms with Gasteiger partial charge in [-0.25, -0.2) is 0 Å². The minimum absolute atomic E-state index is 0.262. The molecule has 2 heteroatoms. The first kappa shape index (κ1) is 7.32. The smallest absolute Gasteiger partial charge is 0.188 e. The predicted octanol–water partition coefficient (Wildman–Crippen LogP) is 1.86. The molecule has 2 nitrogen and oxygen atoms in total. The van der Waals surface area contributed by atoms with Crippen LogP contribution in [0.1, 0.15) is 26.2 Å². The third kappa shape index (κ3) is 1.33. The second-order valence-corrected chi connectivity index (χ2v) is 3.35. The van der Waals surface area contributed by atoms with Crippen molar-refractivity contribution in [2.45, 2.75) is 38.1 Å². The molecule has 62 valence electrons. The average Bonchev–Trinajstić information content (AvgIpc) is 2.34. The number of rotatable bonds is 0. The second kappa shape index (κ2) is 2.61. The van der Waals surface area contributed by atoms with Crippen LogP contribution in [0, 0.1) is 0 Å².